The quantitative estimate of drug-likeness (QED) is 0.391. The first-order valence-electron chi connectivity index (χ1n) is 5.06. The number of anilines is 1. The molecule has 0 saturated carbocycles. The van der Waals surface area contributed by atoms with E-state index in [1.165, 1.54) is 12.1 Å². The first-order chi connectivity index (χ1) is 8.95. The lowest BCUT2D eigenvalue weighted by atomic mass is 10.3. The van der Waals surface area contributed by atoms with Crippen LogP contribution in [0.25, 0.3) is 0 Å². The fraction of sp³-hybridized carbons (Fsp3) is 0.200. The van der Waals surface area contributed by atoms with Crippen LogP contribution < -0.4 is 5.43 Å². The first-order valence-corrected chi connectivity index (χ1v) is 5.81. The minimum atomic E-state index is -0.826. The zero-order chi connectivity index (χ0) is 14.4. The van der Waals surface area contributed by atoms with Crippen LogP contribution in [-0.4, -0.2) is 22.7 Å². The van der Waals surface area contributed by atoms with Crippen LogP contribution in [-0.2, 0) is 9.53 Å². The van der Waals surface area contributed by atoms with E-state index in [1.54, 1.807) is 6.92 Å². The highest BCUT2D eigenvalue weighted by Crippen LogP contribution is 2.27. The van der Waals surface area contributed by atoms with E-state index in [2.05, 4.69) is 15.3 Å². The van der Waals surface area contributed by atoms with E-state index < -0.39 is 16.1 Å². The number of rotatable bonds is 5. The summed E-state index contributed by atoms with van der Waals surface area (Å²) in [5.74, 6) is -0.826. The molecule has 0 fully saturated rings. The van der Waals surface area contributed by atoms with E-state index in [-0.39, 0.29) is 23.0 Å². The van der Waals surface area contributed by atoms with E-state index in [0.717, 1.165) is 6.07 Å². The summed E-state index contributed by atoms with van der Waals surface area (Å²) in [5.41, 5.74) is 2.08. The predicted molar refractivity (Wildman–Crippen MR) is 71.7 cm³/mol. The molecular formula is C10H9Cl2N3O4. The van der Waals surface area contributed by atoms with Gasteiger partial charge in [0, 0.05) is 11.1 Å². The van der Waals surface area contributed by atoms with Gasteiger partial charge in [-0.25, -0.2) is 4.79 Å². The van der Waals surface area contributed by atoms with Gasteiger partial charge in [0.25, 0.3) is 5.69 Å². The van der Waals surface area contributed by atoms with Crippen molar-refractivity contribution in [3.8, 4) is 0 Å². The van der Waals surface area contributed by atoms with Gasteiger partial charge in [0.2, 0.25) is 5.17 Å². The summed E-state index contributed by atoms with van der Waals surface area (Å²) >= 11 is 11.2. The molecule has 0 heterocycles. The summed E-state index contributed by atoms with van der Waals surface area (Å²) in [6, 6.07) is 3.93. The lowest BCUT2D eigenvalue weighted by molar-refractivity contribution is -0.383. The van der Waals surface area contributed by atoms with E-state index in [9.17, 15) is 14.9 Å². The molecule has 0 aliphatic heterocycles. The van der Waals surface area contributed by atoms with E-state index in [0.29, 0.717) is 0 Å². The van der Waals surface area contributed by atoms with Gasteiger partial charge >= 0.3 is 5.97 Å². The summed E-state index contributed by atoms with van der Waals surface area (Å²) in [6.45, 7) is 1.76. The van der Waals surface area contributed by atoms with Gasteiger partial charge in [-0.15, -0.1) is 0 Å². The molecule has 102 valence electrons. The Morgan fingerprint density at radius 2 is 2.26 bits per heavy atom. The molecular weight excluding hydrogens is 297 g/mol. The van der Waals surface area contributed by atoms with Crippen LogP contribution in [0.15, 0.2) is 23.3 Å². The summed E-state index contributed by atoms with van der Waals surface area (Å²) in [6.07, 6.45) is 0. The largest absolute Gasteiger partial charge is 0.461 e. The molecule has 7 nitrogen and oxygen atoms in total. The number of benzene rings is 1. The van der Waals surface area contributed by atoms with Gasteiger partial charge < -0.3 is 4.74 Å². The van der Waals surface area contributed by atoms with Crippen molar-refractivity contribution in [1.82, 2.24) is 0 Å². The fourth-order valence-corrected chi connectivity index (χ4v) is 1.36. The van der Waals surface area contributed by atoms with Crippen LogP contribution in [0, 0.1) is 10.1 Å². The molecule has 0 amide bonds. The number of nitrogens with zero attached hydrogens (tertiary/aromatic N) is 2. The molecule has 0 aromatic heterocycles. The van der Waals surface area contributed by atoms with Crippen LogP contribution in [0.4, 0.5) is 11.4 Å². The van der Waals surface area contributed by atoms with Crippen molar-refractivity contribution in [2.75, 3.05) is 12.0 Å². The monoisotopic (exact) mass is 305 g/mol. The molecule has 9 heteroatoms. The third-order valence-corrected chi connectivity index (χ3v) is 2.35. The van der Waals surface area contributed by atoms with Gasteiger partial charge in [-0.1, -0.05) is 23.2 Å². The highest BCUT2D eigenvalue weighted by Gasteiger charge is 2.15. The number of carbonyl (C=O) groups excluding carboxylic acids is 1. The lowest BCUT2D eigenvalue weighted by Gasteiger charge is -2.03. The number of nitro benzene ring substituents is 1. The maximum absolute atomic E-state index is 11.2. The Bertz CT molecular complexity index is 534. The minimum absolute atomic E-state index is 0.0526. The molecule has 19 heavy (non-hydrogen) atoms. The van der Waals surface area contributed by atoms with Crippen LogP contribution in [0.1, 0.15) is 6.92 Å². The van der Waals surface area contributed by atoms with Crippen molar-refractivity contribution < 1.29 is 14.5 Å². The summed E-state index contributed by atoms with van der Waals surface area (Å²) in [5, 5.41) is 14.0. The van der Waals surface area contributed by atoms with Crippen molar-refractivity contribution >= 4 is 45.7 Å². The van der Waals surface area contributed by atoms with Crippen molar-refractivity contribution in [3.05, 3.63) is 33.3 Å². The topological polar surface area (TPSA) is 93.8 Å². The van der Waals surface area contributed by atoms with Crippen molar-refractivity contribution in [2.24, 2.45) is 5.10 Å². The Morgan fingerprint density at radius 1 is 1.58 bits per heavy atom. The van der Waals surface area contributed by atoms with Crippen LogP contribution >= 0.6 is 23.2 Å². The number of carbonyl (C=O) groups is 1. The zero-order valence-electron chi connectivity index (χ0n) is 9.72. The number of esters is 1. The number of nitrogens with one attached hydrogen (secondary N) is 1. The van der Waals surface area contributed by atoms with E-state index >= 15 is 0 Å². The van der Waals surface area contributed by atoms with Gasteiger partial charge in [-0.2, -0.15) is 5.10 Å². The minimum Gasteiger partial charge on any atom is -0.461 e. The van der Waals surface area contributed by atoms with Gasteiger partial charge in [0.05, 0.1) is 11.5 Å². The Balaban J connectivity index is 2.91. The number of hydrogen-bond acceptors (Lipinski definition) is 6. The average molecular weight is 306 g/mol. The first kappa shape index (κ1) is 15.2. The number of hydrazone groups is 1. The highest BCUT2D eigenvalue weighted by atomic mass is 35.5. The maximum atomic E-state index is 11.2. The molecule has 0 aliphatic carbocycles. The molecule has 1 N–H and O–H groups in total. The Hall–Kier alpha value is -1.86. The third-order valence-electron chi connectivity index (χ3n) is 1.87. The number of hydrogen-bond donors (Lipinski definition) is 1. The number of nitro groups is 1. The molecule has 0 atom stereocenters. The molecule has 0 bridgehead atoms. The van der Waals surface area contributed by atoms with Crippen LogP contribution in [0.5, 0.6) is 0 Å². The zero-order valence-corrected chi connectivity index (χ0v) is 11.2. The third kappa shape index (κ3) is 4.38. The Morgan fingerprint density at radius 3 is 2.84 bits per heavy atom. The summed E-state index contributed by atoms with van der Waals surface area (Å²) < 4.78 is 4.59. The van der Waals surface area contributed by atoms with Crippen LogP contribution in [0.2, 0.25) is 5.02 Å². The van der Waals surface area contributed by atoms with Gasteiger partial charge in [-0.3, -0.25) is 15.5 Å². The second-order valence-corrected chi connectivity index (χ2v) is 3.95. The SMILES string of the molecule is CCOC(=O)/C(Cl)=N\Nc1ccc(Cl)cc1[N+](=O)[O-]. The Kier molecular flexibility index (Phi) is 5.53. The van der Waals surface area contributed by atoms with E-state index in [4.69, 9.17) is 23.2 Å². The van der Waals surface area contributed by atoms with Crippen molar-refractivity contribution in [3.63, 3.8) is 0 Å². The normalized spacial score (nSPS) is 11.0. The van der Waals surface area contributed by atoms with Crippen LogP contribution in [0.3, 0.4) is 0 Å². The second kappa shape index (κ2) is 6.91. The van der Waals surface area contributed by atoms with Gasteiger partial charge in [0.1, 0.15) is 5.69 Å². The fourth-order valence-electron chi connectivity index (χ4n) is 1.10. The average Bonchev–Trinajstić information content (AvgIpc) is 2.36. The molecule has 1 rings (SSSR count). The number of ether oxygens (including phenoxy) is 1. The molecule has 1 aromatic carbocycles. The molecule has 0 radical (unpaired) electrons. The molecule has 0 saturated heterocycles. The smallest absolute Gasteiger partial charge is 0.370 e. The maximum Gasteiger partial charge on any atom is 0.370 e. The predicted octanol–water partition coefficient (Wildman–Crippen LogP) is 2.78. The lowest BCUT2D eigenvalue weighted by Crippen LogP contribution is -2.13. The van der Waals surface area contributed by atoms with Gasteiger partial charge in [0.15, 0.2) is 0 Å². The number of halogens is 2. The van der Waals surface area contributed by atoms with E-state index in [1.807, 2.05) is 0 Å². The Labute approximate surface area is 118 Å². The summed E-state index contributed by atoms with van der Waals surface area (Å²) in [4.78, 5) is 21.3. The van der Waals surface area contributed by atoms with Crippen molar-refractivity contribution in [2.45, 2.75) is 6.92 Å². The highest BCUT2D eigenvalue weighted by molar-refractivity contribution is 6.82. The summed E-state index contributed by atoms with van der Waals surface area (Å²) in [7, 11) is 0. The van der Waals surface area contributed by atoms with Crippen molar-refractivity contribution in [1.29, 1.82) is 0 Å². The standard InChI is InChI=1S/C10H9Cl2N3O4/c1-2-19-10(16)9(12)14-13-7-4-3-6(11)5-8(7)15(17)18/h3-5,13H,2H2,1H3/b14-9+. The molecule has 0 spiro atoms. The van der Waals surface area contributed by atoms with Gasteiger partial charge in [-0.05, 0) is 19.1 Å². The molecule has 0 aliphatic rings. The molecule has 0 unspecified atom stereocenters. The second-order valence-electron chi connectivity index (χ2n) is 3.15. The molecule has 1 aromatic rings.